The zero-order chi connectivity index (χ0) is 16.9. The van der Waals surface area contributed by atoms with Crippen molar-refractivity contribution in [1.29, 1.82) is 0 Å². The van der Waals surface area contributed by atoms with Gasteiger partial charge in [-0.15, -0.1) is 6.58 Å². The highest BCUT2D eigenvalue weighted by Crippen LogP contribution is 2.38. The minimum atomic E-state index is -0.316. The molecular formula is C18H32N2O3. The summed E-state index contributed by atoms with van der Waals surface area (Å²) in [7, 11) is 0. The maximum atomic E-state index is 12.4. The summed E-state index contributed by atoms with van der Waals surface area (Å²) in [6, 6.07) is 0. The Balaban J connectivity index is 1.98. The van der Waals surface area contributed by atoms with Gasteiger partial charge < -0.3 is 19.6 Å². The summed E-state index contributed by atoms with van der Waals surface area (Å²) in [5.74, 6) is 0.0492. The molecule has 2 saturated heterocycles. The minimum Gasteiger partial charge on any atom is -0.392 e. The molecule has 0 aromatic rings. The zero-order valence-corrected chi connectivity index (χ0v) is 14.7. The van der Waals surface area contributed by atoms with E-state index in [9.17, 15) is 9.90 Å². The van der Waals surface area contributed by atoms with E-state index in [0.717, 1.165) is 51.9 Å². The van der Waals surface area contributed by atoms with Crippen molar-refractivity contribution in [3.05, 3.63) is 12.7 Å². The lowest BCUT2D eigenvalue weighted by Crippen LogP contribution is -2.60. The smallest absolute Gasteiger partial charge is 0.248 e. The van der Waals surface area contributed by atoms with E-state index < -0.39 is 0 Å². The number of carbonyl (C=O) groups excluding carboxylic acids is 1. The molecule has 132 valence electrons. The van der Waals surface area contributed by atoms with E-state index in [1.165, 1.54) is 0 Å². The normalized spacial score (nSPS) is 29.2. The van der Waals surface area contributed by atoms with Gasteiger partial charge in [-0.1, -0.05) is 6.08 Å². The van der Waals surface area contributed by atoms with E-state index in [2.05, 4.69) is 11.5 Å². The average Bonchev–Trinajstić information content (AvgIpc) is 2.54. The van der Waals surface area contributed by atoms with Crippen molar-refractivity contribution in [2.45, 2.75) is 51.7 Å². The van der Waals surface area contributed by atoms with Gasteiger partial charge in [-0.3, -0.25) is 4.79 Å². The molecular weight excluding hydrogens is 292 g/mol. The molecule has 1 N–H and O–H groups in total. The van der Waals surface area contributed by atoms with E-state index in [4.69, 9.17) is 4.74 Å². The lowest BCUT2D eigenvalue weighted by atomic mass is 9.71. The third-order valence-electron chi connectivity index (χ3n) is 5.11. The second-order valence-corrected chi connectivity index (χ2v) is 7.30. The van der Waals surface area contributed by atoms with Crippen LogP contribution in [0.5, 0.6) is 0 Å². The fourth-order valence-electron chi connectivity index (χ4n) is 3.81. The number of nitrogens with zero attached hydrogens (tertiary/aromatic N) is 2. The Kier molecular flexibility index (Phi) is 6.62. The van der Waals surface area contributed by atoms with E-state index >= 15 is 0 Å². The van der Waals surface area contributed by atoms with Crippen molar-refractivity contribution in [1.82, 2.24) is 9.80 Å². The summed E-state index contributed by atoms with van der Waals surface area (Å²) in [6.07, 6.45) is 5.40. The first-order valence-corrected chi connectivity index (χ1v) is 8.87. The molecule has 2 rings (SSSR count). The summed E-state index contributed by atoms with van der Waals surface area (Å²) < 4.78 is 5.46. The van der Waals surface area contributed by atoms with Crippen LogP contribution >= 0.6 is 0 Å². The molecule has 23 heavy (non-hydrogen) atoms. The molecule has 5 nitrogen and oxygen atoms in total. The number of aliphatic hydroxyl groups is 1. The maximum Gasteiger partial charge on any atom is 0.248 e. The minimum absolute atomic E-state index is 0.0492. The van der Waals surface area contributed by atoms with E-state index in [1.807, 2.05) is 24.8 Å². The fraction of sp³-hybridized carbons (Fsp3) is 0.833. The third kappa shape index (κ3) is 4.78. The van der Waals surface area contributed by atoms with Crippen LogP contribution in [0.25, 0.3) is 0 Å². The first kappa shape index (κ1) is 18.4. The molecule has 5 heteroatoms. The first-order chi connectivity index (χ1) is 11.0. The first-order valence-electron chi connectivity index (χ1n) is 8.87. The van der Waals surface area contributed by atoms with Crippen LogP contribution in [0.2, 0.25) is 0 Å². The monoisotopic (exact) mass is 324 g/mol. The number of hydrogen-bond donors (Lipinski definition) is 1. The quantitative estimate of drug-likeness (QED) is 0.755. The molecule has 0 radical (unpaired) electrons. The number of carbonyl (C=O) groups is 1. The van der Waals surface area contributed by atoms with Crippen LogP contribution in [0.3, 0.4) is 0 Å². The van der Waals surface area contributed by atoms with Gasteiger partial charge in [-0.25, -0.2) is 0 Å². The van der Waals surface area contributed by atoms with E-state index in [1.54, 1.807) is 0 Å². The molecule has 2 fully saturated rings. The number of piperidine rings is 2. The Bertz CT molecular complexity index is 413. The zero-order valence-electron chi connectivity index (χ0n) is 14.7. The fourth-order valence-corrected chi connectivity index (χ4v) is 3.81. The van der Waals surface area contributed by atoms with Crippen LogP contribution in [-0.2, 0) is 9.53 Å². The Morgan fingerprint density at radius 3 is 2.91 bits per heavy atom. The van der Waals surface area contributed by atoms with Gasteiger partial charge in [0.1, 0.15) is 6.61 Å². The number of rotatable bonds is 6. The third-order valence-corrected chi connectivity index (χ3v) is 5.11. The van der Waals surface area contributed by atoms with Crippen molar-refractivity contribution in [3.8, 4) is 0 Å². The van der Waals surface area contributed by atoms with Crippen LogP contribution in [-0.4, -0.2) is 72.4 Å². The van der Waals surface area contributed by atoms with Gasteiger partial charge >= 0.3 is 0 Å². The van der Waals surface area contributed by atoms with Crippen LogP contribution in [0.1, 0.15) is 39.5 Å². The topological polar surface area (TPSA) is 53.0 Å². The van der Waals surface area contributed by atoms with Crippen molar-refractivity contribution in [2.24, 2.45) is 5.41 Å². The molecule has 1 amide bonds. The van der Waals surface area contributed by atoms with Crippen molar-refractivity contribution in [2.75, 3.05) is 39.3 Å². The van der Waals surface area contributed by atoms with Crippen LogP contribution < -0.4 is 0 Å². The standard InChI is InChI=1S/C18H32N2O3/c1-4-5-9-19-11-7-16(21)18(13-19)8-6-10-20(14-18)17(22)12-23-15(2)3/h4,15-16,21H,1,5-14H2,2-3H3/t16?,18-/m1/s1. The van der Waals surface area contributed by atoms with Crippen LogP contribution in [0.15, 0.2) is 12.7 Å². The number of hydrogen-bond acceptors (Lipinski definition) is 4. The molecule has 1 unspecified atom stereocenters. The van der Waals surface area contributed by atoms with Gasteiger partial charge in [0, 0.05) is 38.1 Å². The summed E-state index contributed by atoms with van der Waals surface area (Å²) in [6.45, 7) is 12.0. The Morgan fingerprint density at radius 1 is 1.43 bits per heavy atom. The molecule has 0 aromatic carbocycles. The molecule has 2 aliphatic heterocycles. The van der Waals surface area contributed by atoms with Gasteiger partial charge in [0.2, 0.25) is 5.91 Å². The largest absolute Gasteiger partial charge is 0.392 e. The Morgan fingerprint density at radius 2 is 2.22 bits per heavy atom. The molecule has 2 atom stereocenters. The molecule has 2 aliphatic rings. The van der Waals surface area contributed by atoms with Crippen molar-refractivity contribution < 1.29 is 14.6 Å². The van der Waals surface area contributed by atoms with Crippen LogP contribution in [0.4, 0.5) is 0 Å². The van der Waals surface area contributed by atoms with Gasteiger partial charge in [0.25, 0.3) is 0 Å². The van der Waals surface area contributed by atoms with E-state index in [-0.39, 0.29) is 30.1 Å². The van der Waals surface area contributed by atoms with Gasteiger partial charge in [-0.2, -0.15) is 0 Å². The van der Waals surface area contributed by atoms with E-state index in [0.29, 0.717) is 6.54 Å². The lowest BCUT2D eigenvalue weighted by molar-refractivity contribution is -0.147. The van der Waals surface area contributed by atoms with Crippen LogP contribution in [0, 0.1) is 5.41 Å². The van der Waals surface area contributed by atoms with Gasteiger partial charge in [0.15, 0.2) is 0 Å². The lowest BCUT2D eigenvalue weighted by Gasteiger charge is -2.51. The summed E-state index contributed by atoms with van der Waals surface area (Å²) in [5.41, 5.74) is -0.175. The molecule has 0 bridgehead atoms. The predicted molar refractivity (Wildman–Crippen MR) is 91.2 cm³/mol. The molecule has 0 aromatic heterocycles. The van der Waals surface area contributed by atoms with Gasteiger partial charge in [-0.05, 0) is 39.5 Å². The Labute approximate surface area is 140 Å². The summed E-state index contributed by atoms with van der Waals surface area (Å²) in [5, 5.41) is 10.6. The average molecular weight is 324 g/mol. The van der Waals surface area contributed by atoms with Crippen molar-refractivity contribution in [3.63, 3.8) is 0 Å². The maximum absolute atomic E-state index is 12.4. The molecule has 2 heterocycles. The highest BCUT2D eigenvalue weighted by atomic mass is 16.5. The number of amides is 1. The SMILES string of the molecule is C=CCCN1CCC(O)[C@]2(CCCN(C(=O)COC(C)C)C2)C1. The number of aliphatic hydroxyl groups excluding tert-OH is 1. The molecule has 1 spiro atoms. The second kappa shape index (κ2) is 8.27. The van der Waals surface area contributed by atoms with Gasteiger partial charge in [0.05, 0.1) is 12.2 Å². The summed E-state index contributed by atoms with van der Waals surface area (Å²) >= 11 is 0. The second-order valence-electron chi connectivity index (χ2n) is 7.30. The van der Waals surface area contributed by atoms with Crippen molar-refractivity contribution >= 4 is 5.91 Å². The highest BCUT2D eigenvalue weighted by Gasteiger charge is 2.46. The number of likely N-dealkylation sites (tertiary alicyclic amines) is 2. The summed E-state index contributed by atoms with van der Waals surface area (Å²) in [4.78, 5) is 16.7. The molecule has 0 aliphatic carbocycles. The molecule has 0 saturated carbocycles. The predicted octanol–water partition coefficient (Wildman–Crippen LogP) is 1.66. The highest BCUT2D eigenvalue weighted by molar-refractivity contribution is 5.77. The number of ether oxygens (including phenoxy) is 1. The Hall–Kier alpha value is -0.910.